The van der Waals surface area contributed by atoms with Gasteiger partial charge in [-0.25, -0.2) is 4.79 Å². The lowest BCUT2D eigenvalue weighted by Crippen LogP contribution is -2.21. The second-order valence-corrected chi connectivity index (χ2v) is 4.27. The van der Waals surface area contributed by atoms with Gasteiger partial charge in [0.2, 0.25) is 0 Å². The Labute approximate surface area is 101 Å². The molecule has 0 unspecified atom stereocenters. The number of hydrogen-bond acceptors (Lipinski definition) is 2. The van der Waals surface area contributed by atoms with Crippen LogP contribution in [0.5, 0.6) is 5.75 Å². The van der Waals surface area contributed by atoms with Crippen LogP contribution in [0.25, 0.3) is 0 Å². The maximum atomic E-state index is 10.5. The van der Waals surface area contributed by atoms with Gasteiger partial charge in [-0.05, 0) is 37.8 Å². The number of hydrogen-bond donors (Lipinski definition) is 1. The zero-order chi connectivity index (χ0) is 12.1. The van der Waals surface area contributed by atoms with Crippen molar-refractivity contribution in [3.63, 3.8) is 0 Å². The lowest BCUT2D eigenvalue weighted by Gasteiger charge is -2.24. The molecule has 0 spiro atoms. The Morgan fingerprint density at radius 1 is 1.24 bits per heavy atom. The maximum Gasteiger partial charge on any atom is 0.328 e. The van der Waals surface area contributed by atoms with Crippen molar-refractivity contribution < 1.29 is 14.6 Å². The fourth-order valence-corrected chi connectivity index (χ4v) is 2.09. The molecule has 1 aliphatic rings. The first-order valence-electron chi connectivity index (χ1n) is 5.88. The van der Waals surface area contributed by atoms with Crippen LogP contribution in [0, 0.1) is 0 Å². The Morgan fingerprint density at radius 3 is 2.47 bits per heavy atom. The number of ether oxygens (including phenoxy) is 1. The van der Waals surface area contributed by atoms with E-state index in [0.29, 0.717) is 0 Å². The first-order valence-corrected chi connectivity index (χ1v) is 5.88. The van der Waals surface area contributed by atoms with Crippen LogP contribution >= 0.6 is 0 Å². The van der Waals surface area contributed by atoms with Gasteiger partial charge in [0, 0.05) is 6.08 Å². The van der Waals surface area contributed by atoms with E-state index >= 15 is 0 Å². The van der Waals surface area contributed by atoms with E-state index in [-0.39, 0.29) is 6.10 Å². The first kappa shape index (κ1) is 11.7. The van der Waals surface area contributed by atoms with Crippen LogP contribution in [0.3, 0.4) is 0 Å². The van der Waals surface area contributed by atoms with Gasteiger partial charge in [-0.3, -0.25) is 0 Å². The third-order valence-electron chi connectivity index (χ3n) is 2.95. The molecule has 1 aromatic rings. The Balaban J connectivity index is 1.86. The fourth-order valence-electron chi connectivity index (χ4n) is 2.09. The molecule has 1 N–H and O–H groups in total. The number of rotatable bonds is 3. The molecule has 0 atom stereocenters. The summed E-state index contributed by atoms with van der Waals surface area (Å²) in [6.07, 6.45) is 4.98. The second-order valence-electron chi connectivity index (χ2n) is 4.27. The first-order chi connectivity index (χ1) is 8.24. The molecule has 1 saturated carbocycles. The summed E-state index contributed by atoms with van der Waals surface area (Å²) in [6.45, 7) is 0. The summed E-state index contributed by atoms with van der Waals surface area (Å²) in [5.41, 5.74) is 1.02. The minimum atomic E-state index is -0.845. The number of carboxylic acid groups (broad SMARTS) is 1. The van der Waals surface area contributed by atoms with Gasteiger partial charge >= 0.3 is 5.97 Å². The van der Waals surface area contributed by atoms with Crippen molar-refractivity contribution in [3.8, 4) is 5.75 Å². The van der Waals surface area contributed by atoms with Crippen molar-refractivity contribution in [2.45, 2.75) is 31.8 Å². The van der Waals surface area contributed by atoms with Crippen molar-refractivity contribution in [1.29, 1.82) is 0 Å². The Bertz CT molecular complexity index is 399. The number of benzene rings is 1. The normalized spacial score (nSPS) is 19.8. The molecule has 17 heavy (non-hydrogen) atoms. The Kier molecular flexibility index (Phi) is 3.81. The lowest BCUT2D eigenvalue weighted by atomic mass is 9.92. The molecule has 0 heterocycles. The predicted molar refractivity (Wildman–Crippen MR) is 65.0 cm³/mol. The molecule has 3 heteroatoms. The number of carboxylic acids is 1. The standard InChI is InChI=1S/C14H16O3/c15-14(16)10-11-6-8-13(9-7-11)17-12-4-2-1-3-5-12/h1-5,10,13H,6-9H2,(H,15,16). The van der Waals surface area contributed by atoms with E-state index in [0.717, 1.165) is 37.0 Å². The largest absolute Gasteiger partial charge is 0.490 e. The van der Waals surface area contributed by atoms with Crippen LogP contribution in [0.15, 0.2) is 42.0 Å². The smallest absolute Gasteiger partial charge is 0.328 e. The fraction of sp³-hybridized carbons (Fsp3) is 0.357. The molecule has 0 amide bonds. The zero-order valence-electron chi connectivity index (χ0n) is 9.63. The Morgan fingerprint density at radius 2 is 1.88 bits per heavy atom. The molecule has 1 aromatic carbocycles. The van der Waals surface area contributed by atoms with Crippen molar-refractivity contribution in [1.82, 2.24) is 0 Å². The third-order valence-corrected chi connectivity index (χ3v) is 2.95. The zero-order valence-corrected chi connectivity index (χ0v) is 9.63. The topological polar surface area (TPSA) is 46.5 Å². The third kappa shape index (κ3) is 3.63. The molecule has 1 aliphatic carbocycles. The number of aliphatic carboxylic acids is 1. The molecule has 0 aliphatic heterocycles. The minimum Gasteiger partial charge on any atom is -0.490 e. The molecule has 0 radical (unpaired) electrons. The van der Waals surface area contributed by atoms with Gasteiger partial charge in [0.05, 0.1) is 6.10 Å². The van der Waals surface area contributed by atoms with Crippen molar-refractivity contribution in [2.75, 3.05) is 0 Å². The van der Waals surface area contributed by atoms with Gasteiger partial charge in [-0.15, -0.1) is 0 Å². The average Bonchev–Trinajstić information content (AvgIpc) is 2.32. The van der Waals surface area contributed by atoms with Crippen LogP contribution < -0.4 is 4.74 Å². The predicted octanol–water partition coefficient (Wildman–Crippen LogP) is 3.02. The van der Waals surface area contributed by atoms with E-state index in [9.17, 15) is 4.79 Å². The van der Waals surface area contributed by atoms with Crippen LogP contribution in [-0.2, 0) is 4.79 Å². The van der Waals surface area contributed by atoms with E-state index in [1.165, 1.54) is 6.08 Å². The van der Waals surface area contributed by atoms with E-state index in [4.69, 9.17) is 9.84 Å². The van der Waals surface area contributed by atoms with Gasteiger partial charge < -0.3 is 9.84 Å². The van der Waals surface area contributed by atoms with Gasteiger partial charge in [-0.1, -0.05) is 23.8 Å². The summed E-state index contributed by atoms with van der Waals surface area (Å²) in [5, 5.41) is 8.66. The van der Waals surface area contributed by atoms with E-state index in [2.05, 4.69) is 0 Å². The van der Waals surface area contributed by atoms with Gasteiger partial charge in [-0.2, -0.15) is 0 Å². The highest BCUT2D eigenvalue weighted by molar-refractivity contribution is 5.80. The van der Waals surface area contributed by atoms with Gasteiger partial charge in [0.15, 0.2) is 0 Å². The quantitative estimate of drug-likeness (QED) is 0.815. The van der Waals surface area contributed by atoms with E-state index < -0.39 is 5.97 Å². The second kappa shape index (κ2) is 5.53. The molecular weight excluding hydrogens is 216 g/mol. The van der Waals surface area contributed by atoms with Gasteiger partial charge in [0.1, 0.15) is 5.75 Å². The van der Waals surface area contributed by atoms with Crippen molar-refractivity contribution in [2.24, 2.45) is 0 Å². The maximum absolute atomic E-state index is 10.5. The average molecular weight is 232 g/mol. The molecule has 0 bridgehead atoms. The van der Waals surface area contributed by atoms with Crippen LogP contribution in [0.1, 0.15) is 25.7 Å². The molecule has 1 fully saturated rings. The number of para-hydroxylation sites is 1. The summed E-state index contributed by atoms with van der Waals surface area (Å²) in [4.78, 5) is 10.5. The summed E-state index contributed by atoms with van der Waals surface area (Å²) in [6, 6.07) is 9.76. The molecule has 0 saturated heterocycles. The molecular formula is C14H16O3. The summed E-state index contributed by atoms with van der Waals surface area (Å²) in [7, 11) is 0. The SMILES string of the molecule is O=C(O)C=C1CCC(Oc2ccccc2)CC1. The van der Waals surface area contributed by atoms with Gasteiger partial charge in [0.25, 0.3) is 0 Å². The highest BCUT2D eigenvalue weighted by Gasteiger charge is 2.18. The van der Waals surface area contributed by atoms with E-state index in [1.807, 2.05) is 30.3 Å². The van der Waals surface area contributed by atoms with E-state index in [1.54, 1.807) is 0 Å². The summed E-state index contributed by atoms with van der Waals surface area (Å²) >= 11 is 0. The molecule has 90 valence electrons. The van der Waals surface area contributed by atoms with Crippen LogP contribution in [0.4, 0.5) is 0 Å². The lowest BCUT2D eigenvalue weighted by molar-refractivity contribution is -0.131. The van der Waals surface area contributed by atoms with Crippen LogP contribution in [-0.4, -0.2) is 17.2 Å². The highest BCUT2D eigenvalue weighted by Crippen LogP contribution is 2.26. The molecule has 0 aromatic heterocycles. The minimum absolute atomic E-state index is 0.211. The monoisotopic (exact) mass is 232 g/mol. The van der Waals surface area contributed by atoms with Crippen molar-refractivity contribution >= 4 is 5.97 Å². The Hall–Kier alpha value is -1.77. The number of carbonyl (C=O) groups is 1. The van der Waals surface area contributed by atoms with Crippen LogP contribution in [0.2, 0.25) is 0 Å². The number of allylic oxidation sites excluding steroid dienone is 1. The summed E-state index contributed by atoms with van der Waals surface area (Å²) in [5.74, 6) is 0.0468. The molecule has 3 nitrogen and oxygen atoms in total. The van der Waals surface area contributed by atoms with Crippen molar-refractivity contribution in [3.05, 3.63) is 42.0 Å². The summed E-state index contributed by atoms with van der Waals surface area (Å²) < 4.78 is 5.83. The molecule has 2 rings (SSSR count). The highest BCUT2D eigenvalue weighted by atomic mass is 16.5.